The maximum absolute atomic E-state index is 10.5. The number of carbonyl (C=O) groups excluding carboxylic acids is 1. The second kappa shape index (κ2) is 7.88. The lowest BCUT2D eigenvalue weighted by Gasteiger charge is -2.40. The molecule has 0 atom stereocenters. The highest BCUT2D eigenvalue weighted by Gasteiger charge is 2.32. The Hall–Kier alpha value is -0.570. The Morgan fingerprint density at radius 3 is 2.00 bits per heavy atom. The minimum absolute atomic E-state index is 0.458. The molecule has 112 valence electrons. The van der Waals surface area contributed by atoms with Gasteiger partial charge >= 0.3 is 0 Å². The molecule has 2 rings (SSSR count). The molecular formula is C16H32N2O. The maximum atomic E-state index is 10.5. The van der Waals surface area contributed by atoms with Crippen molar-refractivity contribution in [3.8, 4) is 0 Å². The fourth-order valence-electron chi connectivity index (χ4n) is 2.85. The van der Waals surface area contributed by atoms with Crippen LogP contribution < -0.4 is 5.73 Å². The van der Waals surface area contributed by atoms with Crippen LogP contribution in [0.15, 0.2) is 0 Å². The van der Waals surface area contributed by atoms with Crippen LogP contribution in [0, 0.1) is 11.3 Å². The molecule has 0 aromatic carbocycles. The van der Waals surface area contributed by atoms with E-state index in [1.807, 2.05) is 4.90 Å². The number of nitrogens with two attached hydrogens (primary N) is 1. The lowest BCUT2D eigenvalue weighted by molar-refractivity contribution is -0.120. The molecule has 1 aliphatic carbocycles. The van der Waals surface area contributed by atoms with E-state index < -0.39 is 0 Å². The highest BCUT2D eigenvalue weighted by molar-refractivity contribution is 5.47. The molecule has 19 heavy (non-hydrogen) atoms. The van der Waals surface area contributed by atoms with Crippen molar-refractivity contribution in [2.75, 3.05) is 13.1 Å². The number of nitrogens with zero attached hydrogens (tertiary/aromatic N) is 1. The number of hydrogen-bond acceptors (Lipinski definition) is 2. The van der Waals surface area contributed by atoms with Crippen molar-refractivity contribution in [1.29, 1.82) is 0 Å². The summed E-state index contributed by atoms with van der Waals surface area (Å²) >= 11 is 0. The molecule has 2 fully saturated rings. The molecule has 0 spiro atoms. The molecular weight excluding hydrogens is 236 g/mol. The summed E-state index contributed by atoms with van der Waals surface area (Å²) in [5.41, 5.74) is 6.09. The Bertz CT molecular complexity index is 251. The van der Waals surface area contributed by atoms with Gasteiger partial charge in [-0.3, -0.25) is 4.79 Å². The monoisotopic (exact) mass is 268 g/mol. The van der Waals surface area contributed by atoms with E-state index in [-0.39, 0.29) is 0 Å². The molecule has 1 saturated heterocycles. The van der Waals surface area contributed by atoms with E-state index in [1.54, 1.807) is 0 Å². The molecule has 0 aromatic heterocycles. The summed E-state index contributed by atoms with van der Waals surface area (Å²) in [6, 6.07) is 0.536. The van der Waals surface area contributed by atoms with Crippen LogP contribution in [0.3, 0.4) is 0 Å². The van der Waals surface area contributed by atoms with Crippen molar-refractivity contribution < 1.29 is 4.79 Å². The highest BCUT2D eigenvalue weighted by atomic mass is 16.1. The summed E-state index contributed by atoms with van der Waals surface area (Å²) in [6.07, 6.45) is 9.95. The molecule has 0 aromatic rings. The van der Waals surface area contributed by atoms with E-state index >= 15 is 0 Å². The van der Waals surface area contributed by atoms with E-state index in [4.69, 9.17) is 5.73 Å². The van der Waals surface area contributed by atoms with Crippen molar-refractivity contribution in [2.24, 2.45) is 17.1 Å². The molecule has 0 unspecified atom stereocenters. The summed E-state index contributed by atoms with van der Waals surface area (Å²) in [7, 11) is 0. The molecule has 3 heteroatoms. The highest BCUT2D eigenvalue weighted by Crippen LogP contribution is 2.37. The second-order valence-electron chi connectivity index (χ2n) is 6.85. The van der Waals surface area contributed by atoms with Gasteiger partial charge in [0.15, 0.2) is 0 Å². The van der Waals surface area contributed by atoms with Crippen molar-refractivity contribution in [1.82, 2.24) is 4.90 Å². The van der Waals surface area contributed by atoms with E-state index in [1.165, 1.54) is 32.1 Å². The first-order chi connectivity index (χ1) is 8.98. The van der Waals surface area contributed by atoms with E-state index in [0.717, 1.165) is 38.3 Å². The van der Waals surface area contributed by atoms with Gasteiger partial charge in [0.25, 0.3) is 0 Å². The summed E-state index contributed by atoms with van der Waals surface area (Å²) in [4.78, 5) is 12.3. The van der Waals surface area contributed by atoms with Crippen molar-refractivity contribution in [2.45, 2.75) is 71.8 Å². The van der Waals surface area contributed by atoms with E-state index in [9.17, 15) is 4.79 Å². The Labute approximate surface area is 118 Å². The van der Waals surface area contributed by atoms with Gasteiger partial charge in [0.05, 0.1) is 0 Å². The smallest absolute Gasteiger partial charge is 0.209 e. The van der Waals surface area contributed by atoms with Crippen LogP contribution >= 0.6 is 0 Å². The van der Waals surface area contributed by atoms with Gasteiger partial charge in [-0.15, -0.1) is 0 Å². The zero-order valence-corrected chi connectivity index (χ0v) is 13.0. The molecule has 2 aliphatic rings. The first kappa shape index (κ1) is 16.5. The van der Waals surface area contributed by atoms with Crippen LogP contribution in [-0.4, -0.2) is 30.4 Å². The third kappa shape index (κ3) is 5.52. The molecule has 1 heterocycles. The number of piperidine rings is 1. The first-order valence-corrected chi connectivity index (χ1v) is 7.93. The Morgan fingerprint density at radius 1 is 1.16 bits per heavy atom. The number of likely N-dealkylation sites (tertiary alicyclic amines) is 1. The SMILES string of the molecule is CC(C)C1(C)CCN(C=O)CC1.NC1CCCCC1. The Balaban J connectivity index is 0.000000218. The molecule has 0 radical (unpaired) electrons. The quantitative estimate of drug-likeness (QED) is 0.782. The van der Waals surface area contributed by atoms with Gasteiger partial charge in [-0.05, 0) is 37.0 Å². The lowest BCUT2D eigenvalue weighted by Crippen LogP contribution is -2.40. The number of rotatable bonds is 2. The fraction of sp³-hybridized carbons (Fsp3) is 0.938. The molecule has 1 amide bonds. The zero-order chi connectivity index (χ0) is 14.3. The zero-order valence-electron chi connectivity index (χ0n) is 13.0. The van der Waals surface area contributed by atoms with E-state index in [2.05, 4.69) is 20.8 Å². The predicted octanol–water partition coefficient (Wildman–Crippen LogP) is 3.18. The van der Waals surface area contributed by atoms with Gasteiger partial charge in [-0.2, -0.15) is 0 Å². The largest absolute Gasteiger partial charge is 0.345 e. The lowest BCUT2D eigenvalue weighted by atomic mass is 9.72. The molecule has 1 aliphatic heterocycles. The third-order valence-corrected chi connectivity index (χ3v) is 5.13. The van der Waals surface area contributed by atoms with Crippen LogP contribution in [0.4, 0.5) is 0 Å². The summed E-state index contributed by atoms with van der Waals surface area (Å²) in [5, 5.41) is 0. The first-order valence-electron chi connectivity index (χ1n) is 7.93. The maximum Gasteiger partial charge on any atom is 0.209 e. The Morgan fingerprint density at radius 2 is 1.68 bits per heavy atom. The average molecular weight is 268 g/mol. The van der Waals surface area contributed by atoms with E-state index in [0.29, 0.717) is 11.5 Å². The van der Waals surface area contributed by atoms with Crippen LogP contribution in [0.25, 0.3) is 0 Å². The average Bonchev–Trinajstić information content (AvgIpc) is 2.41. The van der Waals surface area contributed by atoms with Gasteiger partial charge in [0.2, 0.25) is 6.41 Å². The summed E-state index contributed by atoms with van der Waals surface area (Å²) < 4.78 is 0. The van der Waals surface area contributed by atoms with Gasteiger partial charge in [-0.1, -0.05) is 40.0 Å². The van der Waals surface area contributed by atoms with Gasteiger partial charge in [0, 0.05) is 19.1 Å². The summed E-state index contributed by atoms with van der Waals surface area (Å²) in [6.45, 7) is 8.77. The minimum Gasteiger partial charge on any atom is -0.345 e. The standard InChI is InChI=1S/C10H19NO.C6H13N/c1-9(2)10(3)4-6-11(8-12)7-5-10;7-6-4-2-1-3-5-6/h8-9H,4-7H2,1-3H3;6H,1-5,7H2. The van der Waals surface area contributed by atoms with Crippen LogP contribution in [-0.2, 0) is 4.79 Å². The third-order valence-electron chi connectivity index (χ3n) is 5.13. The van der Waals surface area contributed by atoms with Crippen molar-refractivity contribution >= 4 is 6.41 Å². The van der Waals surface area contributed by atoms with Crippen molar-refractivity contribution in [3.63, 3.8) is 0 Å². The van der Waals surface area contributed by atoms with Crippen molar-refractivity contribution in [3.05, 3.63) is 0 Å². The second-order valence-corrected chi connectivity index (χ2v) is 6.85. The number of hydrogen-bond donors (Lipinski definition) is 1. The van der Waals surface area contributed by atoms with Crippen LogP contribution in [0.5, 0.6) is 0 Å². The summed E-state index contributed by atoms with van der Waals surface area (Å²) in [5.74, 6) is 0.728. The topological polar surface area (TPSA) is 46.3 Å². The molecule has 0 bridgehead atoms. The minimum atomic E-state index is 0.458. The molecule has 1 saturated carbocycles. The van der Waals surface area contributed by atoms with Crippen LogP contribution in [0.2, 0.25) is 0 Å². The van der Waals surface area contributed by atoms with Gasteiger partial charge < -0.3 is 10.6 Å². The van der Waals surface area contributed by atoms with Crippen LogP contribution in [0.1, 0.15) is 65.7 Å². The number of amides is 1. The Kier molecular flexibility index (Phi) is 6.84. The number of carbonyl (C=O) groups is 1. The fourth-order valence-corrected chi connectivity index (χ4v) is 2.85. The molecule has 3 nitrogen and oxygen atoms in total. The van der Waals surface area contributed by atoms with Gasteiger partial charge in [0.1, 0.15) is 0 Å². The van der Waals surface area contributed by atoms with Gasteiger partial charge in [-0.25, -0.2) is 0 Å². The normalized spacial score (nSPS) is 23.7. The predicted molar refractivity (Wildman–Crippen MR) is 80.9 cm³/mol. The molecule has 2 N–H and O–H groups in total.